The molecule has 1 unspecified atom stereocenters. The van der Waals surface area contributed by atoms with Crippen LogP contribution in [0.2, 0.25) is 0 Å². The fourth-order valence-corrected chi connectivity index (χ4v) is 4.41. The molecule has 1 atom stereocenters. The standard InChI is InChI=1S/C25H25N3O2/c1-29-20-12-10-19(11-13-20)25(18-6-4-3-5-7-18)15-14-21-22(16-25)26-27-24(21)23(28-30-2)17-8-9-17/h3-7,10-15,17H,8-9,16H2,1-2H3,(H,26,27)/b28-23+. The first-order chi connectivity index (χ1) is 14.7. The molecule has 2 aromatic carbocycles. The number of nitrogens with zero attached hydrogens (tertiary/aromatic N) is 2. The number of benzene rings is 2. The Balaban J connectivity index is 1.61. The molecule has 0 amide bonds. The van der Waals surface area contributed by atoms with Crippen LogP contribution >= 0.6 is 0 Å². The first-order valence-electron chi connectivity index (χ1n) is 10.3. The molecule has 5 heteroatoms. The molecule has 0 saturated heterocycles. The second-order valence-corrected chi connectivity index (χ2v) is 7.97. The van der Waals surface area contributed by atoms with Crippen molar-refractivity contribution in [2.24, 2.45) is 11.1 Å². The highest BCUT2D eigenvalue weighted by Gasteiger charge is 2.39. The van der Waals surface area contributed by atoms with Crippen LogP contribution in [0, 0.1) is 5.92 Å². The van der Waals surface area contributed by atoms with Gasteiger partial charge in [-0.3, -0.25) is 5.10 Å². The fourth-order valence-electron chi connectivity index (χ4n) is 4.41. The number of ether oxygens (including phenoxy) is 1. The molecule has 0 aliphatic heterocycles. The molecule has 1 saturated carbocycles. The van der Waals surface area contributed by atoms with Gasteiger partial charge in [0, 0.05) is 29.0 Å². The molecule has 5 nitrogen and oxygen atoms in total. The third kappa shape index (κ3) is 3.11. The number of rotatable bonds is 6. The number of methoxy groups -OCH3 is 1. The highest BCUT2D eigenvalue weighted by molar-refractivity contribution is 6.04. The monoisotopic (exact) mass is 399 g/mol. The molecular formula is C25H25N3O2. The van der Waals surface area contributed by atoms with Crippen LogP contribution in [-0.2, 0) is 16.7 Å². The highest BCUT2D eigenvalue weighted by atomic mass is 16.6. The van der Waals surface area contributed by atoms with Crippen LogP contribution in [0.25, 0.3) is 6.08 Å². The summed E-state index contributed by atoms with van der Waals surface area (Å²) in [6.07, 6.45) is 7.60. The second-order valence-electron chi connectivity index (χ2n) is 7.97. The van der Waals surface area contributed by atoms with Crippen LogP contribution in [0.15, 0.2) is 65.8 Å². The van der Waals surface area contributed by atoms with E-state index in [1.165, 1.54) is 11.1 Å². The van der Waals surface area contributed by atoms with Gasteiger partial charge in [0.05, 0.1) is 7.11 Å². The summed E-state index contributed by atoms with van der Waals surface area (Å²) in [6, 6.07) is 19.0. The van der Waals surface area contributed by atoms with E-state index >= 15 is 0 Å². The molecule has 0 bridgehead atoms. The number of aromatic amines is 1. The molecule has 5 rings (SSSR count). The number of aromatic nitrogens is 2. The predicted octanol–water partition coefficient (Wildman–Crippen LogP) is 4.73. The van der Waals surface area contributed by atoms with Crippen molar-refractivity contribution in [2.75, 3.05) is 14.2 Å². The van der Waals surface area contributed by atoms with Crippen molar-refractivity contribution >= 4 is 11.8 Å². The first-order valence-corrected chi connectivity index (χ1v) is 10.3. The van der Waals surface area contributed by atoms with Gasteiger partial charge in [0.15, 0.2) is 0 Å². The summed E-state index contributed by atoms with van der Waals surface area (Å²) in [5.41, 5.74) is 6.32. The Kier molecular flexibility index (Phi) is 4.66. The molecule has 3 aromatic rings. The van der Waals surface area contributed by atoms with Crippen molar-refractivity contribution in [2.45, 2.75) is 24.7 Å². The van der Waals surface area contributed by atoms with E-state index in [9.17, 15) is 0 Å². The van der Waals surface area contributed by atoms with Gasteiger partial charge >= 0.3 is 0 Å². The summed E-state index contributed by atoms with van der Waals surface area (Å²) in [5.74, 6) is 1.31. The zero-order valence-electron chi connectivity index (χ0n) is 17.3. The highest BCUT2D eigenvalue weighted by Crippen LogP contribution is 2.43. The fraction of sp³-hybridized carbons (Fsp3) is 0.280. The van der Waals surface area contributed by atoms with Crippen LogP contribution in [0.5, 0.6) is 5.75 Å². The van der Waals surface area contributed by atoms with Crippen molar-refractivity contribution in [1.82, 2.24) is 10.2 Å². The topological polar surface area (TPSA) is 59.5 Å². The first kappa shape index (κ1) is 18.7. The van der Waals surface area contributed by atoms with Crippen LogP contribution in [-0.4, -0.2) is 30.1 Å². The zero-order chi connectivity index (χ0) is 20.6. The Hall–Kier alpha value is -3.34. The summed E-state index contributed by atoms with van der Waals surface area (Å²) < 4.78 is 5.37. The lowest BCUT2D eigenvalue weighted by atomic mass is 9.68. The molecular weight excluding hydrogens is 374 g/mol. The minimum absolute atomic E-state index is 0.275. The zero-order valence-corrected chi connectivity index (χ0v) is 17.3. The average Bonchev–Trinajstić information content (AvgIpc) is 3.57. The van der Waals surface area contributed by atoms with E-state index < -0.39 is 0 Å². The Morgan fingerprint density at radius 3 is 2.43 bits per heavy atom. The van der Waals surface area contributed by atoms with E-state index in [4.69, 9.17) is 9.57 Å². The van der Waals surface area contributed by atoms with Gasteiger partial charge < -0.3 is 9.57 Å². The van der Waals surface area contributed by atoms with Gasteiger partial charge in [-0.15, -0.1) is 0 Å². The van der Waals surface area contributed by atoms with Crippen LogP contribution in [0.1, 0.15) is 40.9 Å². The maximum absolute atomic E-state index is 5.37. The quantitative estimate of drug-likeness (QED) is 0.481. The van der Waals surface area contributed by atoms with E-state index in [1.54, 1.807) is 14.2 Å². The van der Waals surface area contributed by atoms with Crippen molar-refractivity contribution in [3.8, 4) is 5.75 Å². The van der Waals surface area contributed by atoms with Crippen LogP contribution in [0.4, 0.5) is 0 Å². The van der Waals surface area contributed by atoms with Crippen molar-refractivity contribution in [3.05, 3.63) is 88.8 Å². The average molecular weight is 399 g/mol. The Bertz CT molecular complexity index is 1100. The number of nitrogens with one attached hydrogen (secondary N) is 1. The van der Waals surface area contributed by atoms with E-state index in [0.29, 0.717) is 5.92 Å². The summed E-state index contributed by atoms with van der Waals surface area (Å²) >= 11 is 0. The van der Waals surface area contributed by atoms with E-state index in [1.807, 2.05) is 12.1 Å². The Morgan fingerprint density at radius 2 is 1.77 bits per heavy atom. The molecule has 30 heavy (non-hydrogen) atoms. The van der Waals surface area contributed by atoms with Gasteiger partial charge in [-0.05, 0) is 36.1 Å². The van der Waals surface area contributed by atoms with Crippen molar-refractivity contribution in [1.29, 1.82) is 0 Å². The predicted molar refractivity (Wildman–Crippen MR) is 118 cm³/mol. The van der Waals surface area contributed by atoms with Gasteiger partial charge in [-0.1, -0.05) is 59.8 Å². The molecule has 1 N–H and O–H groups in total. The lowest BCUT2D eigenvalue weighted by molar-refractivity contribution is 0.212. The normalized spacial score (nSPS) is 20.7. The molecule has 0 radical (unpaired) electrons. The molecule has 2 aliphatic carbocycles. The number of hydrogen-bond acceptors (Lipinski definition) is 4. The molecule has 1 aromatic heterocycles. The molecule has 2 aliphatic rings. The number of H-pyrrole nitrogens is 1. The summed E-state index contributed by atoms with van der Waals surface area (Å²) in [5, 5.41) is 12.2. The van der Waals surface area contributed by atoms with Gasteiger partial charge in [0.1, 0.15) is 24.3 Å². The number of oxime groups is 1. The van der Waals surface area contributed by atoms with Gasteiger partial charge in [0.25, 0.3) is 0 Å². The molecule has 1 heterocycles. The van der Waals surface area contributed by atoms with E-state index in [-0.39, 0.29) is 5.41 Å². The summed E-state index contributed by atoms with van der Waals surface area (Å²) in [4.78, 5) is 5.12. The van der Waals surface area contributed by atoms with E-state index in [0.717, 1.165) is 47.7 Å². The maximum Gasteiger partial charge on any atom is 0.118 e. The maximum atomic E-state index is 5.37. The van der Waals surface area contributed by atoms with E-state index in [2.05, 4.69) is 70.0 Å². The van der Waals surface area contributed by atoms with Gasteiger partial charge in [-0.2, -0.15) is 5.10 Å². The lowest BCUT2D eigenvalue weighted by Gasteiger charge is -2.34. The Morgan fingerprint density at radius 1 is 1.03 bits per heavy atom. The third-order valence-electron chi connectivity index (χ3n) is 6.16. The lowest BCUT2D eigenvalue weighted by Crippen LogP contribution is -2.30. The van der Waals surface area contributed by atoms with Crippen LogP contribution < -0.4 is 4.74 Å². The molecule has 152 valence electrons. The van der Waals surface area contributed by atoms with Gasteiger partial charge in [-0.25, -0.2) is 0 Å². The minimum Gasteiger partial charge on any atom is -0.497 e. The Labute approximate surface area is 176 Å². The second kappa shape index (κ2) is 7.48. The molecule has 0 spiro atoms. The largest absolute Gasteiger partial charge is 0.497 e. The van der Waals surface area contributed by atoms with Crippen LogP contribution in [0.3, 0.4) is 0 Å². The summed E-state index contributed by atoms with van der Waals surface area (Å²) in [7, 11) is 3.29. The van der Waals surface area contributed by atoms with Gasteiger partial charge in [0.2, 0.25) is 0 Å². The SMILES string of the molecule is CO/N=C(/c1n[nH]c2c1C=CC(c1ccccc1)(c1ccc(OC)cc1)C2)C1CC1. The smallest absolute Gasteiger partial charge is 0.118 e. The number of hydrogen-bond donors (Lipinski definition) is 1. The molecule has 1 fully saturated rings. The van der Waals surface area contributed by atoms with Crippen molar-refractivity contribution in [3.63, 3.8) is 0 Å². The minimum atomic E-state index is -0.275. The number of allylic oxidation sites excluding steroid dienone is 1. The van der Waals surface area contributed by atoms with Crippen molar-refractivity contribution < 1.29 is 9.57 Å². The summed E-state index contributed by atoms with van der Waals surface area (Å²) in [6.45, 7) is 0. The number of fused-ring (bicyclic) bond motifs is 1. The third-order valence-corrected chi connectivity index (χ3v) is 6.16.